The zero-order valence-corrected chi connectivity index (χ0v) is 10.8. The van der Waals surface area contributed by atoms with Gasteiger partial charge < -0.3 is 14.9 Å². The van der Waals surface area contributed by atoms with Crippen molar-refractivity contribution in [3.05, 3.63) is 29.3 Å². The van der Waals surface area contributed by atoms with Crippen molar-refractivity contribution in [1.29, 1.82) is 0 Å². The quantitative estimate of drug-likeness (QED) is 0.796. The second-order valence-electron chi connectivity index (χ2n) is 4.67. The molecular weight excluding hydrogens is 216 g/mol. The first-order chi connectivity index (χ1) is 8.12. The molecule has 0 aliphatic heterocycles. The van der Waals surface area contributed by atoms with Gasteiger partial charge in [-0.1, -0.05) is 26.0 Å². The molecule has 0 atom stereocenters. The smallest absolute Gasteiger partial charge is 0.122 e. The molecule has 0 spiro atoms. The van der Waals surface area contributed by atoms with E-state index in [1.807, 2.05) is 12.1 Å². The van der Waals surface area contributed by atoms with Gasteiger partial charge in [-0.15, -0.1) is 0 Å². The van der Waals surface area contributed by atoms with Gasteiger partial charge in [0, 0.05) is 19.1 Å². The van der Waals surface area contributed by atoms with Gasteiger partial charge in [0.15, 0.2) is 0 Å². The van der Waals surface area contributed by atoms with Crippen LogP contribution in [0.25, 0.3) is 0 Å². The Kier molecular flexibility index (Phi) is 5.45. The zero-order valence-electron chi connectivity index (χ0n) is 10.8. The Bertz CT molecular complexity index is 343. The lowest BCUT2D eigenvalue weighted by Gasteiger charge is -2.16. The fourth-order valence-corrected chi connectivity index (χ4v) is 1.88. The SMILES string of the molecule is COc1ccc(CC(CO)CO)cc1C(C)C. The summed E-state index contributed by atoms with van der Waals surface area (Å²) in [4.78, 5) is 0. The molecule has 0 aliphatic carbocycles. The molecule has 1 rings (SSSR count). The van der Waals surface area contributed by atoms with Crippen LogP contribution in [0, 0.1) is 5.92 Å². The fraction of sp³-hybridized carbons (Fsp3) is 0.571. The summed E-state index contributed by atoms with van der Waals surface area (Å²) in [5.41, 5.74) is 2.29. The van der Waals surface area contributed by atoms with Crippen LogP contribution in [0.15, 0.2) is 18.2 Å². The van der Waals surface area contributed by atoms with Crippen molar-refractivity contribution >= 4 is 0 Å². The van der Waals surface area contributed by atoms with Gasteiger partial charge in [0.25, 0.3) is 0 Å². The topological polar surface area (TPSA) is 49.7 Å². The highest BCUT2D eigenvalue weighted by atomic mass is 16.5. The van der Waals surface area contributed by atoms with E-state index in [1.165, 1.54) is 5.56 Å². The molecule has 3 nitrogen and oxygen atoms in total. The molecule has 0 saturated heterocycles. The molecule has 0 bridgehead atoms. The molecule has 1 aromatic rings. The molecule has 0 heterocycles. The maximum Gasteiger partial charge on any atom is 0.122 e. The van der Waals surface area contributed by atoms with Gasteiger partial charge in [0.2, 0.25) is 0 Å². The zero-order chi connectivity index (χ0) is 12.8. The van der Waals surface area contributed by atoms with Crippen LogP contribution in [0.4, 0.5) is 0 Å². The molecule has 0 aliphatic rings. The molecule has 0 fully saturated rings. The van der Waals surface area contributed by atoms with Crippen LogP contribution < -0.4 is 4.74 Å². The third-order valence-corrected chi connectivity index (χ3v) is 2.96. The van der Waals surface area contributed by atoms with Crippen LogP contribution in [-0.2, 0) is 6.42 Å². The maximum absolute atomic E-state index is 9.08. The summed E-state index contributed by atoms with van der Waals surface area (Å²) < 4.78 is 5.32. The highest BCUT2D eigenvalue weighted by Crippen LogP contribution is 2.28. The van der Waals surface area contributed by atoms with Crippen LogP contribution >= 0.6 is 0 Å². The van der Waals surface area contributed by atoms with E-state index in [9.17, 15) is 0 Å². The average Bonchev–Trinajstić information content (AvgIpc) is 2.35. The first-order valence-electron chi connectivity index (χ1n) is 6.00. The Morgan fingerprint density at radius 1 is 1.18 bits per heavy atom. The van der Waals surface area contributed by atoms with Gasteiger partial charge in [-0.25, -0.2) is 0 Å². The Labute approximate surface area is 103 Å². The molecule has 0 unspecified atom stereocenters. The monoisotopic (exact) mass is 238 g/mol. The highest BCUT2D eigenvalue weighted by molar-refractivity contribution is 5.39. The van der Waals surface area contributed by atoms with Crippen LogP contribution in [-0.4, -0.2) is 30.5 Å². The normalized spacial score (nSPS) is 11.2. The molecular formula is C14H22O3. The average molecular weight is 238 g/mol. The minimum Gasteiger partial charge on any atom is -0.496 e. The van der Waals surface area contributed by atoms with Crippen LogP contribution in [0.3, 0.4) is 0 Å². The Morgan fingerprint density at radius 2 is 1.82 bits per heavy atom. The number of aliphatic hydroxyl groups is 2. The van der Waals surface area contributed by atoms with E-state index in [1.54, 1.807) is 7.11 Å². The van der Waals surface area contributed by atoms with Gasteiger partial charge in [0.1, 0.15) is 5.75 Å². The van der Waals surface area contributed by atoms with Gasteiger partial charge in [-0.05, 0) is 29.5 Å². The highest BCUT2D eigenvalue weighted by Gasteiger charge is 2.11. The predicted molar refractivity (Wildman–Crippen MR) is 68.4 cm³/mol. The minimum atomic E-state index is -0.0802. The minimum absolute atomic E-state index is 0.0134. The second kappa shape index (κ2) is 6.62. The number of aliphatic hydroxyl groups excluding tert-OH is 2. The molecule has 96 valence electrons. The summed E-state index contributed by atoms with van der Waals surface area (Å²) in [6.45, 7) is 4.27. The van der Waals surface area contributed by atoms with E-state index in [0.29, 0.717) is 12.3 Å². The molecule has 0 amide bonds. The summed E-state index contributed by atoms with van der Waals surface area (Å²) in [6, 6.07) is 6.04. The summed E-state index contributed by atoms with van der Waals surface area (Å²) in [7, 11) is 1.67. The predicted octanol–water partition coefficient (Wildman–Crippen LogP) is 1.96. The van der Waals surface area contributed by atoms with E-state index in [4.69, 9.17) is 14.9 Å². The first-order valence-corrected chi connectivity index (χ1v) is 6.00. The second-order valence-corrected chi connectivity index (χ2v) is 4.67. The Morgan fingerprint density at radius 3 is 2.29 bits per heavy atom. The van der Waals surface area contributed by atoms with E-state index in [-0.39, 0.29) is 19.1 Å². The van der Waals surface area contributed by atoms with Crippen molar-refractivity contribution < 1.29 is 14.9 Å². The van der Waals surface area contributed by atoms with Crippen molar-refractivity contribution in [3.63, 3.8) is 0 Å². The van der Waals surface area contributed by atoms with Crippen molar-refractivity contribution in [2.45, 2.75) is 26.2 Å². The molecule has 2 N–H and O–H groups in total. The Balaban J connectivity index is 2.91. The van der Waals surface area contributed by atoms with Crippen molar-refractivity contribution in [3.8, 4) is 5.75 Å². The van der Waals surface area contributed by atoms with Crippen LogP contribution in [0.1, 0.15) is 30.9 Å². The van der Waals surface area contributed by atoms with E-state index in [2.05, 4.69) is 19.9 Å². The standard InChI is InChI=1S/C14H22O3/c1-10(2)13-7-11(4-5-14(13)17-3)6-12(8-15)9-16/h4-5,7,10,12,15-16H,6,8-9H2,1-3H3. The fourth-order valence-electron chi connectivity index (χ4n) is 1.88. The first kappa shape index (κ1) is 14.0. The number of benzene rings is 1. The molecule has 0 saturated carbocycles. The van der Waals surface area contributed by atoms with Crippen molar-refractivity contribution in [1.82, 2.24) is 0 Å². The number of hydrogen-bond acceptors (Lipinski definition) is 3. The molecule has 0 radical (unpaired) electrons. The third-order valence-electron chi connectivity index (χ3n) is 2.96. The summed E-state index contributed by atoms with van der Waals surface area (Å²) in [6.07, 6.45) is 0.691. The number of methoxy groups -OCH3 is 1. The molecule has 0 aromatic heterocycles. The lowest BCUT2D eigenvalue weighted by molar-refractivity contribution is 0.150. The lowest BCUT2D eigenvalue weighted by Crippen LogP contribution is -2.14. The van der Waals surface area contributed by atoms with Crippen LogP contribution in [0.2, 0.25) is 0 Å². The number of rotatable bonds is 6. The van der Waals surface area contributed by atoms with E-state index < -0.39 is 0 Å². The van der Waals surface area contributed by atoms with Crippen LogP contribution in [0.5, 0.6) is 5.75 Å². The lowest BCUT2D eigenvalue weighted by atomic mass is 9.95. The maximum atomic E-state index is 9.08. The van der Waals surface area contributed by atoms with Crippen molar-refractivity contribution in [2.24, 2.45) is 5.92 Å². The Hall–Kier alpha value is -1.06. The molecule has 1 aromatic carbocycles. The largest absolute Gasteiger partial charge is 0.496 e. The van der Waals surface area contributed by atoms with Gasteiger partial charge in [0.05, 0.1) is 7.11 Å². The summed E-state index contributed by atoms with van der Waals surface area (Å²) in [5.74, 6) is 1.21. The summed E-state index contributed by atoms with van der Waals surface area (Å²) >= 11 is 0. The van der Waals surface area contributed by atoms with Gasteiger partial charge in [-0.2, -0.15) is 0 Å². The third kappa shape index (κ3) is 3.72. The number of hydrogen-bond donors (Lipinski definition) is 2. The van der Waals surface area contributed by atoms with Gasteiger partial charge >= 0.3 is 0 Å². The molecule has 3 heteroatoms. The molecule has 17 heavy (non-hydrogen) atoms. The number of ether oxygens (including phenoxy) is 1. The van der Waals surface area contributed by atoms with Crippen molar-refractivity contribution in [2.75, 3.05) is 20.3 Å². The van der Waals surface area contributed by atoms with E-state index in [0.717, 1.165) is 11.3 Å². The summed E-state index contributed by atoms with van der Waals surface area (Å²) in [5, 5.41) is 18.2. The van der Waals surface area contributed by atoms with E-state index >= 15 is 0 Å². The van der Waals surface area contributed by atoms with Gasteiger partial charge in [-0.3, -0.25) is 0 Å².